The minimum absolute atomic E-state index is 0.209. The maximum atomic E-state index is 9.60. The standard InChI is InChI=1S/C12H18O3S/c1-2-12(15)9-3-5-11(6-4-9)16-8-10(14)7-13/h3-6,10,12-15H,2,7-8H2,1H3/t10?,12-/m0/s1. The normalized spacial score (nSPS) is 14.8. The number of hydrogen-bond acceptors (Lipinski definition) is 4. The van der Waals surface area contributed by atoms with E-state index in [2.05, 4.69) is 0 Å². The Morgan fingerprint density at radius 3 is 2.31 bits per heavy atom. The second-order valence-corrected chi connectivity index (χ2v) is 4.73. The van der Waals surface area contributed by atoms with Crippen molar-refractivity contribution >= 4 is 11.8 Å². The van der Waals surface area contributed by atoms with E-state index >= 15 is 0 Å². The molecular formula is C12H18O3S. The van der Waals surface area contributed by atoms with Gasteiger partial charge < -0.3 is 15.3 Å². The summed E-state index contributed by atoms with van der Waals surface area (Å²) in [6.07, 6.45) is -0.372. The van der Waals surface area contributed by atoms with Crippen LogP contribution in [0.4, 0.5) is 0 Å². The first-order valence-corrected chi connectivity index (χ1v) is 6.35. The Morgan fingerprint density at radius 1 is 1.19 bits per heavy atom. The van der Waals surface area contributed by atoms with E-state index in [4.69, 9.17) is 5.11 Å². The van der Waals surface area contributed by atoms with Crippen LogP contribution in [0.2, 0.25) is 0 Å². The van der Waals surface area contributed by atoms with Gasteiger partial charge in [0.1, 0.15) is 0 Å². The van der Waals surface area contributed by atoms with E-state index in [1.54, 1.807) is 0 Å². The van der Waals surface area contributed by atoms with Crippen molar-refractivity contribution in [3.63, 3.8) is 0 Å². The Kier molecular flexibility index (Phi) is 5.84. The second kappa shape index (κ2) is 6.91. The summed E-state index contributed by atoms with van der Waals surface area (Å²) >= 11 is 1.49. The van der Waals surface area contributed by atoms with Gasteiger partial charge in [0.2, 0.25) is 0 Å². The van der Waals surface area contributed by atoms with Crippen molar-refractivity contribution in [3.05, 3.63) is 29.8 Å². The topological polar surface area (TPSA) is 60.7 Å². The van der Waals surface area contributed by atoms with E-state index < -0.39 is 12.2 Å². The molecule has 0 saturated carbocycles. The summed E-state index contributed by atoms with van der Waals surface area (Å²) in [5.74, 6) is 0.478. The van der Waals surface area contributed by atoms with Gasteiger partial charge in [-0.05, 0) is 24.1 Å². The maximum Gasteiger partial charge on any atom is 0.0864 e. The van der Waals surface area contributed by atoms with Crippen molar-refractivity contribution < 1.29 is 15.3 Å². The number of rotatable bonds is 6. The van der Waals surface area contributed by atoms with Crippen LogP contribution in [0, 0.1) is 0 Å². The molecule has 3 N–H and O–H groups in total. The minimum atomic E-state index is -0.675. The predicted molar refractivity (Wildman–Crippen MR) is 65.5 cm³/mol. The Balaban J connectivity index is 2.51. The van der Waals surface area contributed by atoms with Gasteiger partial charge in [-0.3, -0.25) is 0 Å². The summed E-state index contributed by atoms with van der Waals surface area (Å²) in [6, 6.07) is 7.62. The van der Waals surface area contributed by atoms with Crippen molar-refractivity contribution in [2.24, 2.45) is 0 Å². The molecule has 2 atom stereocenters. The van der Waals surface area contributed by atoms with Gasteiger partial charge in [-0.1, -0.05) is 19.1 Å². The molecule has 1 aromatic rings. The molecule has 0 radical (unpaired) electrons. The number of aliphatic hydroxyl groups excluding tert-OH is 3. The predicted octanol–water partition coefficient (Wildman–Crippen LogP) is 1.58. The van der Waals surface area contributed by atoms with Gasteiger partial charge in [0.15, 0.2) is 0 Å². The summed E-state index contributed by atoms with van der Waals surface area (Å²) in [4.78, 5) is 1.03. The van der Waals surface area contributed by atoms with Crippen LogP contribution >= 0.6 is 11.8 Å². The molecule has 0 aromatic heterocycles. The molecule has 0 aliphatic heterocycles. The SMILES string of the molecule is CC[C@H](O)c1ccc(SCC(O)CO)cc1. The minimum Gasteiger partial charge on any atom is -0.394 e. The summed E-state index contributed by atoms with van der Waals surface area (Å²) in [6.45, 7) is 1.73. The molecule has 1 aromatic carbocycles. The molecule has 0 amide bonds. The lowest BCUT2D eigenvalue weighted by Crippen LogP contribution is -2.14. The largest absolute Gasteiger partial charge is 0.394 e. The zero-order valence-corrected chi connectivity index (χ0v) is 10.2. The fourth-order valence-electron chi connectivity index (χ4n) is 1.27. The van der Waals surface area contributed by atoms with Gasteiger partial charge in [0.25, 0.3) is 0 Å². The molecule has 90 valence electrons. The molecule has 0 heterocycles. The third-order valence-electron chi connectivity index (χ3n) is 2.30. The van der Waals surface area contributed by atoms with Gasteiger partial charge in [0.05, 0.1) is 18.8 Å². The first kappa shape index (κ1) is 13.5. The Bertz CT molecular complexity index is 300. The summed E-state index contributed by atoms with van der Waals surface area (Å²) in [5.41, 5.74) is 0.912. The van der Waals surface area contributed by atoms with Crippen LogP contribution in [0.5, 0.6) is 0 Å². The molecule has 1 unspecified atom stereocenters. The van der Waals surface area contributed by atoms with Crippen LogP contribution in [-0.4, -0.2) is 33.8 Å². The van der Waals surface area contributed by atoms with Crippen LogP contribution in [0.15, 0.2) is 29.2 Å². The maximum absolute atomic E-state index is 9.60. The van der Waals surface area contributed by atoms with Crippen molar-refractivity contribution in [1.82, 2.24) is 0 Å². The van der Waals surface area contributed by atoms with Crippen LogP contribution in [0.3, 0.4) is 0 Å². The Labute approximate surface area is 100 Å². The van der Waals surface area contributed by atoms with Gasteiger partial charge in [-0.2, -0.15) is 0 Å². The van der Waals surface area contributed by atoms with Gasteiger partial charge in [0, 0.05) is 10.6 Å². The van der Waals surface area contributed by atoms with Crippen molar-refractivity contribution in [1.29, 1.82) is 0 Å². The van der Waals surface area contributed by atoms with E-state index in [1.165, 1.54) is 11.8 Å². The van der Waals surface area contributed by atoms with Gasteiger partial charge in [-0.15, -0.1) is 11.8 Å². The summed E-state index contributed by atoms with van der Waals surface area (Å²) in [5, 5.41) is 27.5. The van der Waals surface area contributed by atoms with Crippen LogP contribution in [0.25, 0.3) is 0 Å². The number of hydrogen-bond donors (Lipinski definition) is 3. The highest BCUT2D eigenvalue weighted by atomic mass is 32.2. The highest BCUT2D eigenvalue weighted by Crippen LogP contribution is 2.22. The van der Waals surface area contributed by atoms with E-state index in [0.29, 0.717) is 12.2 Å². The third-order valence-corrected chi connectivity index (χ3v) is 3.46. The zero-order valence-electron chi connectivity index (χ0n) is 9.34. The summed E-state index contributed by atoms with van der Waals surface area (Å²) in [7, 11) is 0. The number of benzene rings is 1. The highest BCUT2D eigenvalue weighted by Gasteiger charge is 2.06. The van der Waals surface area contributed by atoms with Gasteiger partial charge in [-0.25, -0.2) is 0 Å². The first-order chi connectivity index (χ1) is 7.67. The average Bonchev–Trinajstić information content (AvgIpc) is 2.35. The highest BCUT2D eigenvalue weighted by molar-refractivity contribution is 7.99. The van der Waals surface area contributed by atoms with Crippen molar-refractivity contribution in [2.45, 2.75) is 30.4 Å². The average molecular weight is 242 g/mol. The molecule has 0 saturated heterocycles. The second-order valence-electron chi connectivity index (χ2n) is 3.64. The van der Waals surface area contributed by atoms with Crippen molar-refractivity contribution in [3.8, 4) is 0 Å². The molecule has 0 aliphatic carbocycles. The molecular weight excluding hydrogens is 224 g/mol. The van der Waals surface area contributed by atoms with Crippen LogP contribution in [-0.2, 0) is 0 Å². The molecule has 1 rings (SSSR count). The molecule has 0 aliphatic rings. The lowest BCUT2D eigenvalue weighted by molar-refractivity contribution is 0.113. The smallest absolute Gasteiger partial charge is 0.0864 e. The number of thioether (sulfide) groups is 1. The quantitative estimate of drug-likeness (QED) is 0.663. The van der Waals surface area contributed by atoms with Crippen LogP contribution < -0.4 is 0 Å². The van der Waals surface area contributed by atoms with E-state index in [1.807, 2.05) is 31.2 Å². The van der Waals surface area contributed by atoms with Crippen molar-refractivity contribution in [2.75, 3.05) is 12.4 Å². The molecule has 0 fully saturated rings. The lowest BCUT2D eigenvalue weighted by Gasteiger charge is -2.10. The molecule has 4 heteroatoms. The fraction of sp³-hybridized carbons (Fsp3) is 0.500. The van der Waals surface area contributed by atoms with Gasteiger partial charge >= 0.3 is 0 Å². The third kappa shape index (κ3) is 4.14. The molecule has 0 bridgehead atoms. The lowest BCUT2D eigenvalue weighted by atomic mass is 10.1. The Morgan fingerprint density at radius 2 is 1.81 bits per heavy atom. The fourth-order valence-corrected chi connectivity index (χ4v) is 2.09. The molecule has 0 spiro atoms. The molecule has 3 nitrogen and oxygen atoms in total. The Hall–Kier alpha value is -0.550. The summed E-state index contributed by atoms with van der Waals surface area (Å²) < 4.78 is 0. The van der Waals surface area contributed by atoms with E-state index in [-0.39, 0.29) is 6.61 Å². The number of aliphatic hydroxyl groups is 3. The zero-order chi connectivity index (χ0) is 12.0. The first-order valence-electron chi connectivity index (χ1n) is 5.37. The van der Waals surface area contributed by atoms with Crippen LogP contribution in [0.1, 0.15) is 25.0 Å². The van der Waals surface area contributed by atoms with E-state index in [9.17, 15) is 10.2 Å². The van der Waals surface area contributed by atoms with E-state index in [0.717, 1.165) is 10.5 Å². The monoisotopic (exact) mass is 242 g/mol. The molecule has 16 heavy (non-hydrogen) atoms.